The predicted octanol–water partition coefficient (Wildman–Crippen LogP) is 4.73. The minimum atomic E-state index is -0.447. The number of benzene rings is 2. The molecule has 0 unspecified atom stereocenters. The summed E-state index contributed by atoms with van der Waals surface area (Å²) >= 11 is 0. The van der Waals surface area contributed by atoms with E-state index in [1.54, 1.807) is 24.5 Å². The first-order chi connectivity index (χ1) is 15.2. The summed E-state index contributed by atoms with van der Waals surface area (Å²) in [6.45, 7) is 0.917. The fourth-order valence-corrected chi connectivity index (χ4v) is 3.25. The van der Waals surface area contributed by atoms with Crippen LogP contribution >= 0.6 is 0 Å². The van der Waals surface area contributed by atoms with E-state index in [9.17, 15) is 10.1 Å². The summed E-state index contributed by atoms with van der Waals surface area (Å²) < 4.78 is 0. The first-order valence-electron chi connectivity index (χ1n) is 9.70. The van der Waals surface area contributed by atoms with Gasteiger partial charge in [-0.3, -0.25) is 15.1 Å². The topological polar surface area (TPSA) is 97.1 Å². The van der Waals surface area contributed by atoms with Gasteiger partial charge in [-0.2, -0.15) is 0 Å². The molecule has 2 heterocycles. The van der Waals surface area contributed by atoms with Gasteiger partial charge in [0, 0.05) is 19.3 Å². The first kappa shape index (κ1) is 20.0. The molecule has 1 N–H and O–H groups in total. The number of aromatic nitrogens is 3. The van der Waals surface area contributed by atoms with E-state index < -0.39 is 4.92 Å². The Morgan fingerprint density at radius 3 is 2.06 bits per heavy atom. The summed E-state index contributed by atoms with van der Waals surface area (Å²) in [6.07, 6.45) is 4.55. The van der Waals surface area contributed by atoms with Crippen LogP contribution in [-0.2, 0) is 13.1 Å². The fourth-order valence-electron chi connectivity index (χ4n) is 3.25. The molecule has 0 radical (unpaired) electrons. The quantitative estimate of drug-likeness (QED) is 0.330. The van der Waals surface area contributed by atoms with E-state index in [0.29, 0.717) is 18.8 Å². The molecule has 154 valence electrons. The van der Waals surface area contributed by atoms with Crippen molar-refractivity contribution in [2.24, 2.45) is 0 Å². The standard InChI is InChI=1S/C23H20N6O2/c30-29(31)21-22(27-20-12-7-13-24-14-20)25-17-26-23(21)28(15-18-8-3-1-4-9-18)16-19-10-5-2-6-11-19/h1-14,17H,15-16H2,(H,25,26,27). The number of hydrogen-bond donors (Lipinski definition) is 1. The maximum Gasteiger partial charge on any atom is 0.353 e. The number of rotatable bonds is 8. The molecule has 0 aliphatic carbocycles. The lowest BCUT2D eigenvalue weighted by Crippen LogP contribution is -2.24. The molecule has 4 rings (SSSR count). The minimum absolute atomic E-state index is 0.120. The highest BCUT2D eigenvalue weighted by Crippen LogP contribution is 2.34. The largest absolute Gasteiger partial charge is 0.353 e. The molecule has 4 aromatic rings. The molecule has 0 amide bonds. The van der Waals surface area contributed by atoms with Gasteiger partial charge in [-0.15, -0.1) is 0 Å². The second-order valence-electron chi connectivity index (χ2n) is 6.85. The number of anilines is 3. The minimum Gasteiger partial charge on any atom is -0.342 e. The van der Waals surface area contributed by atoms with Gasteiger partial charge in [0.2, 0.25) is 11.6 Å². The van der Waals surface area contributed by atoms with Gasteiger partial charge in [-0.05, 0) is 23.3 Å². The molecule has 0 bridgehead atoms. The van der Waals surface area contributed by atoms with E-state index in [1.807, 2.05) is 65.6 Å². The van der Waals surface area contributed by atoms with E-state index in [4.69, 9.17) is 0 Å². The Hall–Kier alpha value is -4.33. The second kappa shape index (κ2) is 9.45. The van der Waals surface area contributed by atoms with Gasteiger partial charge in [-0.25, -0.2) is 9.97 Å². The van der Waals surface area contributed by atoms with Crippen molar-refractivity contribution in [2.45, 2.75) is 13.1 Å². The van der Waals surface area contributed by atoms with Crippen LogP contribution in [0, 0.1) is 10.1 Å². The number of hydrogen-bond acceptors (Lipinski definition) is 7. The van der Waals surface area contributed by atoms with Crippen molar-refractivity contribution in [2.75, 3.05) is 10.2 Å². The molecule has 2 aromatic heterocycles. The Kier molecular flexibility index (Phi) is 6.08. The van der Waals surface area contributed by atoms with Crippen LogP contribution in [0.1, 0.15) is 11.1 Å². The molecule has 0 saturated carbocycles. The summed E-state index contributed by atoms with van der Waals surface area (Å²) in [7, 11) is 0. The zero-order valence-electron chi connectivity index (χ0n) is 16.6. The molecule has 8 heteroatoms. The number of nitrogens with zero attached hydrogens (tertiary/aromatic N) is 5. The molecule has 0 aliphatic heterocycles. The first-order valence-corrected chi connectivity index (χ1v) is 9.70. The fraction of sp³-hybridized carbons (Fsp3) is 0.0870. The highest BCUT2D eigenvalue weighted by Gasteiger charge is 2.27. The lowest BCUT2D eigenvalue weighted by molar-refractivity contribution is -0.383. The lowest BCUT2D eigenvalue weighted by atomic mass is 10.1. The number of nitro groups is 1. The van der Waals surface area contributed by atoms with Crippen molar-refractivity contribution in [3.8, 4) is 0 Å². The van der Waals surface area contributed by atoms with Crippen LogP contribution in [-0.4, -0.2) is 19.9 Å². The molecule has 0 fully saturated rings. The van der Waals surface area contributed by atoms with Crippen molar-refractivity contribution < 1.29 is 4.92 Å². The van der Waals surface area contributed by atoms with Gasteiger partial charge in [0.1, 0.15) is 6.33 Å². The van der Waals surface area contributed by atoms with Gasteiger partial charge < -0.3 is 10.2 Å². The van der Waals surface area contributed by atoms with Crippen LogP contribution in [0.4, 0.5) is 23.0 Å². The molecule has 8 nitrogen and oxygen atoms in total. The van der Waals surface area contributed by atoms with Gasteiger partial charge in [-0.1, -0.05) is 60.7 Å². The Balaban J connectivity index is 1.75. The third-order valence-corrected chi connectivity index (χ3v) is 4.64. The molecule has 0 spiro atoms. The molecule has 0 saturated heterocycles. The summed E-state index contributed by atoms with van der Waals surface area (Å²) in [5.41, 5.74) is 2.47. The average Bonchev–Trinajstić information content (AvgIpc) is 2.80. The van der Waals surface area contributed by atoms with E-state index in [0.717, 1.165) is 11.1 Å². The molecule has 0 aliphatic rings. The monoisotopic (exact) mass is 412 g/mol. The summed E-state index contributed by atoms with van der Waals surface area (Å²) in [6, 6.07) is 23.1. The van der Waals surface area contributed by atoms with E-state index in [2.05, 4.69) is 20.3 Å². The summed E-state index contributed by atoms with van der Waals surface area (Å²) in [5, 5.41) is 15.1. The van der Waals surface area contributed by atoms with Gasteiger partial charge in [0.05, 0.1) is 16.8 Å². The Morgan fingerprint density at radius 1 is 0.871 bits per heavy atom. The van der Waals surface area contributed by atoms with Crippen molar-refractivity contribution in [3.05, 3.63) is 113 Å². The van der Waals surface area contributed by atoms with Gasteiger partial charge >= 0.3 is 5.69 Å². The Bertz CT molecular complexity index is 1100. The van der Waals surface area contributed by atoms with Crippen molar-refractivity contribution >= 4 is 23.0 Å². The predicted molar refractivity (Wildman–Crippen MR) is 119 cm³/mol. The zero-order valence-corrected chi connectivity index (χ0v) is 16.6. The normalized spacial score (nSPS) is 10.5. The van der Waals surface area contributed by atoms with Crippen molar-refractivity contribution in [3.63, 3.8) is 0 Å². The SMILES string of the molecule is O=[N+]([O-])c1c(Nc2cccnc2)ncnc1N(Cc1ccccc1)Cc1ccccc1. The maximum absolute atomic E-state index is 12.1. The molecule has 0 atom stereocenters. The van der Waals surface area contributed by atoms with Crippen LogP contribution in [0.2, 0.25) is 0 Å². The maximum atomic E-state index is 12.1. The summed E-state index contributed by atoms with van der Waals surface area (Å²) in [4.78, 5) is 26.0. The Labute approximate surface area is 179 Å². The number of nitrogens with one attached hydrogen (secondary N) is 1. The van der Waals surface area contributed by atoms with Gasteiger partial charge in [0.15, 0.2) is 0 Å². The van der Waals surface area contributed by atoms with E-state index >= 15 is 0 Å². The molecule has 31 heavy (non-hydrogen) atoms. The summed E-state index contributed by atoms with van der Waals surface area (Å²) in [5.74, 6) is 0.369. The van der Waals surface area contributed by atoms with E-state index in [1.165, 1.54) is 6.33 Å². The van der Waals surface area contributed by atoms with Crippen LogP contribution in [0.25, 0.3) is 0 Å². The van der Waals surface area contributed by atoms with Crippen LogP contribution in [0.15, 0.2) is 91.5 Å². The van der Waals surface area contributed by atoms with Crippen molar-refractivity contribution in [1.29, 1.82) is 0 Å². The molecule has 2 aromatic carbocycles. The molecular weight excluding hydrogens is 392 g/mol. The van der Waals surface area contributed by atoms with Crippen LogP contribution < -0.4 is 10.2 Å². The van der Waals surface area contributed by atoms with Crippen LogP contribution in [0.5, 0.6) is 0 Å². The van der Waals surface area contributed by atoms with Crippen LogP contribution in [0.3, 0.4) is 0 Å². The highest BCUT2D eigenvalue weighted by molar-refractivity contribution is 5.74. The smallest absolute Gasteiger partial charge is 0.342 e. The second-order valence-corrected chi connectivity index (χ2v) is 6.85. The van der Waals surface area contributed by atoms with E-state index in [-0.39, 0.29) is 17.3 Å². The van der Waals surface area contributed by atoms with Gasteiger partial charge in [0.25, 0.3) is 0 Å². The third-order valence-electron chi connectivity index (χ3n) is 4.64. The Morgan fingerprint density at radius 2 is 1.52 bits per heavy atom. The number of pyridine rings is 1. The third kappa shape index (κ3) is 4.99. The van der Waals surface area contributed by atoms with Crippen molar-refractivity contribution in [1.82, 2.24) is 15.0 Å². The zero-order chi connectivity index (χ0) is 21.5. The lowest BCUT2D eigenvalue weighted by Gasteiger charge is -2.24. The molecular formula is C23H20N6O2. The highest BCUT2D eigenvalue weighted by atomic mass is 16.6. The average molecular weight is 412 g/mol.